The molecule has 0 radical (unpaired) electrons. The Hall–Kier alpha value is -0.940. The van der Waals surface area contributed by atoms with Gasteiger partial charge in [0.2, 0.25) is 0 Å². The van der Waals surface area contributed by atoms with E-state index in [-0.39, 0.29) is 5.92 Å². The average Bonchev–Trinajstić information content (AvgIpc) is 2.44. The van der Waals surface area contributed by atoms with Crippen LogP contribution in [-0.4, -0.2) is 16.6 Å². The molecule has 1 aromatic carbocycles. The van der Waals surface area contributed by atoms with E-state index in [2.05, 4.69) is 20.9 Å². The lowest BCUT2D eigenvalue weighted by molar-refractivity contribution is 0.145. The summed E-state index contributed by atoms with van der Waals surface area (Å²) in [7, 11) is 0. The number of halogens is 2. The fourth-order valence-corrected chi connectivity index (χ4v) is 2.45. The molecule has 0 saturated heterocycles. The monoisotopic (exact) mass is 340 g/mol. The summed E-state index contributed by atoms with van der Waals surface area (Å²) in [6.45, 7) is 0.318. The number of hydrogen-bond donors (Lipinski definition) is 2. The van der Waals surface area contributed by atoms with Gasteiger partial charge < -0.3 is 10.8 Å². The first-order valence-corrected chi connectivity index (χ1v) is 7.04. The molecule has 0 aliphatic rings. The van der Waals surface area contributed by atoms with Gasteiger partial charge in [0.25, 0.3) is 0 Å². The summed E-state index contributed by atoms with van der Waals surface area (Å²) < 4.78 is 0.752. The van der Waals surface area contributed by atoms with Crippen molar-refractivity contribution in [2.75, 3.05) is 6.54 Å². The summed E-state index contributed by atoms with van der Waals surface area (Å²) in [5.41, 5.74) is 7.32. The molecular weight excluding hydrogens is 328 g/mol. The van der Waals surface area contributed by atoms with Crippen molar-refractivity contribution in [3.05, 3.63) is 63.3 Å². The van der Waals surface area contributed by atoms with Crippen molar-refractivity contribution in [3.63, 3.8) is 0 Å². The normalized spacial score (nSPS) is 14.1. The summed E-state index contributed by atoms with van der Waals surface area (Å²) in [6, 6.07) is 10.9. The zero-order valence-corrected chi connectivity index (χ0v) is 12.5. The highest BCUT2D eigenvalue weighted by Crippen LogP contribution is 2.32. The van der Waals surface area contributed by atoms with E-state index >= 15 is 0 Å². The van der Waals surface area contributed by atoms with Crippen LogP contribution in [0.1, 0.15) is 23.3 Å². The van der Waals surface area contributed by atoms with Crippen LogP contribution < -0.4 is 5.73 Å². The molecule has 3 nitrogen and oxygen atoms in total. The summed E-state index contributed by atoms with van der Waals surface area (Å²) in [6.07, 6.45) is 0.983. The number of aromatic nitrogens is 1. The van der Waals surface area contributed by atoms with E-state index in [9.17, 15) is 5.11 Å². The predicted molar refractivity (Wildman–Crippen MR) is 80.1 cm³/mol. The van der Waals surface area contributed by atoms with Crippen LogP contribution in [0.5, 0.6) is 0 Å². The zero-order chi connectivity index (χ0) is 13.8. The van der Waals surface area contributed by atoms with Gasteiger partial charge in [0.1, 0.15) is 0 Å². The summed E-state index contributed by atoms with van der Waals surface area (Å²) in [5, 5.41) is 11.1. The highest BCUT2D eigenvalue weighted by Gasteiger charge is 2.22. The van der Waals surface area contributed by atoms with Crippen molar-refractivity contribution in [1.82, 2.24) is 4.98 Å². The number of aliphatic hydroxyl groups is 1. The molecule has 3 N–H and O–H groups in total. The second kappa shape index (κ2) is 6.48. The third kappa shape index (κ3) is 3.34. The summed E-state index contributed by atoms with van der Waals surface area (Å²) >= 11 is 9.30. The third-order valence-corrected chi connectivity index (χ3v) is 4.20. The molecule has 2 unspecified atom stereocenters. The molecule has 2 rings (SSSR count). The van der Waals surface area contributed by atoms with Gasteiger partial charge in [0, 0.05) is 28.8 Å². The topological polar surface area (TPSA) is 59.1 Å². The molecule has 5 heteroatoms. The predicted octanol–water partition coefficient (Wildman–Crippen LogP) is 3.27. The maximum absolute atomic E-state index is 10.5. The lowest BCUT2D eigenvalue weighted by Gasteiger charge is -2.21. The molecule has 0 aliphatic carbocycles. The van der Waals surface area contributed by atoms with Gasteiger partial charge in [-0.3, -0.25) is 4.98 Å². The van der Waals surface area contributed by atoms with Crippen molar-refractivity contribution in [3.8, 4) is 0 Å². The first kappa shape index (κ1) is 14.5. The van der Waals surface area contributed by atoms with E-state index in [4.69, 9.17) is 17.3 Å². The van der Waals surface area contributed by atoms with Crippen molar-refractivity contribution < 1.29 is 5.11 Å². The fraction of sp³-hybridized carbons (Fsp3) is 0.214. The van der Waals surface area contributed by atoms with Gasteiger partial charge in [-0.25, -0.2) is 0 Å². The number of nitrogens with zero attached hydrogens (tertiary/aromatic N) is 1. The molecule has 1 aromatic heterocycles. The van der Waals surface area contributed by atoms with E-state index in [0.717, 1.165) is 15.7 Å². The van der Waals surface area contributed by atoms with Gasteiger partial charge in [-0.05, 0) is 45.8 Å². The molecule has 0 bridgehead atoms. The minimum atomic E-state index is -0.714. The standard InChI is InChI=1S/C14H14BrClN2O/c15-11-7-9(4-5-12(11)16)14(19)10(8-17)13-3-1-2-6-18-13/h1-7,10,14,19H,8,17H2. The zero-order valence-electron chi connectivity index (χ0n) is 10.1. The molecule has 0 spiro atoms. The number of aliphatic hydroxyl groups excluding tert-OH is 1. The van der Waals surface area contributed by atoms with Crippen LogP contribution in [-0.2, 0) is 0 Å². The Morgan fingerprint density at radius 1 is 1.32 bits per heavy atom. The Morgan fingerprint density at radius 2 is 2.11 bits per heavy atom. The second-order valence-electron chi connectivity index (χ2n) is 4.22. The Balaban J connectivity index is 2.30. The minimum absolute atomic E-state index is 0.241. The average molecular weight is 342 g/mol. The van der Waals surface area contributed by atoms with Gasteiger partial charge in [0.15, 0.2) is 0 Å². The van der Waals surface area contributed by atoms with Gasteiger partial charge in [-0.1, -0.05) is 23.7 Å². The molecule has 2 atom stereocenters. The first-order chi connectivity index (χ1) is 9.13. The second-order valence-corrected chi connectivity index (χ2v) is 5.48. The molecule has 0 fully saturated rings. The van der Waals surface area contributed by atoms with Crippen LogP contribution in [0.2, 0.25) is 5.02 Å². The number of hydrogen-bond acceptors (Lipinski definition) is 3. The Bertz CT molecular complexity index is 550. The van der Waals surface area contributed by atoms with Crippen LogP contribution in [0, 0.1) is 0 Å². The lowest BCUT2D eigenvalue weighted by Crippen LogP contribution is -2.21. The molecule has 0 saturated carbocycles. The van der Waals surface area contributed by atoms with E-state index in [1.165, 1.54) is 0 Å². The number of pyridine rings is 1. The maximum Gasteiger partial charge on any atom is 0.0886 e. The van der Waals surface area contributed by atoms with Crippen molar-refractivity contribution in [1.29, 1.82) is 0 Å². The molecule has 100 valence electrons. The van der Waals surface area contributed by atoms with E-state index in [1.807, 2.05) is 18.2 Å². The molecular formula is C14H14BrClN2O. The highest BCUT2D eigenvalue weighted by atomic mass is 79.9. The minimum Gasteiger partial charge on any atom is -0.388 e. The van der Waals surface area contributed by atoms with Crippen LogP contribution in [0.4, 0.5) is 0 Å². The SMILES string of the molecule is NCC(c1ccccn1)C(O)c1ccc(Cl)c(Br)c1. The smallest absolute Gasteiger partial charge is 0.0886 e. The Morgan fingerprint density at radius 3 is 2.68 bits per heavy atom. The molecule has 0 aliphatic heterocycles. The first-order valence-electron chi connectivity index (χ1n) is 5.87. The summed E-state index contributed by atoms with van der Waals surface area (Å²) in [5.74, 6) is -0.241. The van der Waals surface area contributed by atoms with E-state index < -0.39 is 6.10 Å². The van der Waals surface area contributed by atoms with Gasteiger partial charge in [-0.2, -0.15) is 0 Å². The highest BCUT2D eigenvalue weighted by molar-refractivity contribution is 9.10. The van der Waals surface area contributed by atoms with E-state index in [0.29, 0.717) is 11.6 Å². The summed E-state index contributed by atoms with van der Waals surface area (Å²) in [4.78, 5) is 4.26. The van der Waals surface area contributed by atoms with Crippen LogP contribution in [0.3, 0.4) is 0 Å². The molecule has 1 heterocycles. The maximum atomic E-state index is 10.5. The molecule has 2 aromatic rings. The number of benzene rings is 1. The third-order valence-electron chi connectivity index (χ3n) is 2.99. The van der Waals surface area contributed by atoms with Gasteiger partial charge in [0.05, 0.1) is 11.1 Å². The van der Waals surface area contributed by atoms with Crippen molar-refractivity contribution in [2.24, 2.45) is 5.73 Å². The molecule has 19 heavy (non-hydrogen) atoms. The lowest BCUT2D eigenvalue weighted by atomic mass is 9.92. The van der Waals surface area contributed by atoms with Crippen molar-refractivity contribution >= 4 is 27.5 Å². The van der Waals surface area contributed by atoms with E-state index in [1.54, 1.807) is 24.4 Å². The largest absolute Gasteiger partial charge is 0.388 e. The number of rotatable bonds is 4. The van der Waals surface area contributed by atoms with Crippen LogP contribution >= 0.6 is 27.5 Å². The van der Waals surface area contributed by atoms with Crippen LogP contribution in [0.25, 0.3) is 0 Å². The Labute approximate surface area is 125 Å². The van der Waals surface area contributed by atoms with Gasteiger partial charge >= 0.3 is 0 Å². The van der Waals surface area contributed by atoms with Gasteiger partial charge in [-0.15, -0.1) is 0 Å². The molecule has 0 amide bonds. The Kier molecular flexibility index (Phi) is 4.93. The fourth-order valence-electron chi connectivity index (χ4n) is 1.94. The van der Waals surface area contributed by atoms with Crippen LogP contribution in [0.15, 0.2) is 47.1 Å². The number of nitrogens with two attached hydrogens (primary N) is 1. The van der Waals surface area contributed by atoms with Crippen molar-refractivity contribution in [2.45, 2.75) is 12.0 Å². The quantitative estimate of drug-likeness (QED) is 0.897.